The van der Waals surface area contributed by atoms with E-state index < -0.39 is 5.97 Å². The van der Waals surface area contributed by atoms with Crippen LogP contribution in [-0.4, -0.2) is 36.7 Å². The van der Waals surface area contributed by atoms with Gasteiger partial charge in [-0.25, -0.2) is 4.68 Å². The van der Waals surface area contributed by atoms with Crippen LogP contribution in [-0.2, 0) is 17.6 Å². The summed E-state index contributed by atoms with van der Waals surface area (Å²) in [5.41, 5.74) is 1.14. The van der Waals surface area contributed by atoms with Gasteiger partial charge in [0, 0.05) is 18.8 Å². The van der Waals surface area contributed by atoms with Gasteiger partial charge in [-0.2, -0.15) is 0 Å². The van der Waals surface area contributed by atoms with Crippen molar-refractivity contribution >= 4 is 17.7 Å². The summed E-state index contributed by atoms with van der Waals surface area (Å²) in [6, 6.07) is 3.86. The second-order valence-electron chi connectivity index (χ2n) is 3.81. The van der Waals surface area contributed by atoms with Crippen LogP contribution in [0.1, 0.15) is 11.4 Å². The number of nitrogens with zero attached hydrogens (tertiary/aromatic N) is 4. The maximum absolute atomic E-state index is 10.5. The molecule has 0 unspecified atom stereocenters. The molecule has 0 aromatic carbocycles. The van der Waals surface area contributed by atoms with Crippen molar-refractivity contribution < 1.29 is 9.90 Å². The number of pyridine rings is 1. The summed E-state index contributed by atoms with van der Waals surface area (Å²) < 4.78 is 1.34. The molecule has 0 atom stereocenters. The summed E-state index contributed by atoms with van der Waals surface area (Å²) in [6.07, 6.45) is 4.88. The van der Waals surface area contributed by atoms with E-state index in [1.807, 2.05) is 12.1 Å². The van der Waals surface area contributed by atoms with E-state index in [-0.39, 0.29) is 5.75 Å². The highest BCUT2D eigenvalue weighted by Gasteiger charge is 2.11. The Hall–Kier alpha value is -2.09. The molecule has 2 heterocycles. The minimum Gasteiger partial charge on any atom is -0.481 e. The summed E-state index contributed by atoms with van der Waals surface area (Å²) in [5.74, 6) is 5.45. The van der Waals surface area contributed by atoms with Crippen molar-refractivity contribution in [3.8, 4) is 0 Å². The van der Waals surface area contributed by atoms with E-state index in [0.717, 1.165) is 23.7 Å². The van der Waals surface area contributed by atoms with Crippen LogP contribution in [0.4, 0.5) is 0 Å². The smallest absolute Gasteiger partial charge is 0.313 e. The Morgan fingerprint density at radius 3 is 2.74 bits per heavy atom. The second-order valence-corrected chi connectivity index (χ2v) is 4.75. The normalized spacial score (nSPS) is 10.5. The Bertz CT molecular complexity index is 557. The molecule has 0 aliphatic rings. The molecular weight excluding hydrogens is 266 g/mol. The van der Waals surface area contributed by atoms with Crippen molar-refractivity contribution in [1.82, 2.24) is 19.9 Å². The third-order valence-corrected chi connectivity index (χ3v) is 3.37. The van der Waals surface area contributed by atoms with Crippen LogP contribution >= 0.6 is 11.8 Å². The van der Waals surface area contributed by atoms with Crippen LogP contribution in [0.2, 0.25) is 0 Å². The quantitative estimate of drug-likeness (QED) is 0.580. The molecular formula is C11H13N5O2S. The first kappa shape index (κ1) is 13.3. The number of hydrogen-bond acceptors (Lipinski definition) is 6. The zero-order valence-electron chi connectivity index (χ0n) is 10.1. The number of nitrogen functional groups attached to an aromatic ring is 1. The summed E-state index contributed by atoms with van der Waals surface area (Å²) in [6.45, 7) is 0. The fourth-order valence-corrected chi connectivity index (χ4v) is 2.10. The number of aromatic nitrogens is 4. The average Bonchev–Trinajstić information content (AvgIpc) is 2.76. The zero-order chi connectivity index (χ0) is 13.7. The van der Waals surface area contributed by atoms with E-state index in [4.69, 9.17) is 10.9 Å². The summed E-state index contributed by atoms with van der Waals surface area (Å²) in [5, 5.41) is 16.9. The molecule has 0 aliphatic heterocycles. The van der Waals surface area contributed by atoms with Crippen molar-refractivity contribution in [2.24, 2.45) is 0 Å². The number of carbonyl (C=O) groups is 1. The van der Waals surface area contributed by atoms with Crippen LogP contribution in [0.25, 0.3) is 0 Å². The number of rotatable bonds is 6. The Balaban J connectivity index is 1.96. The van der Waals surface area contributed by atoms with Crippen molar-refractivity contribution in [1.29, 1.82) is 0 Å². The van der Waals surface area contributed by atoms with Crippen LogP contribution in [0.3, 0.4) is 0 Å². The van der Waals surface area contributed by atoms with Gasteiger partial charge in [-0.1, -0.05) is 11.8 Å². The van der Waals surface area contributed by atoms with Gasteiger partial charge >= 0.3 is 5.97 Å². The second kappa shape index (κ2) is 6.19. The highest BCUT2D eigenvalue weighted by molar-refractivity contribution is 7.99. The monoisotopic (exact) mass is 279 g/mol. The first-order valence-electron chi connectivity index (χ1n) is 5.59. The molecule has 0 saturated carbocycles. The maximum atomic E-state index is 10.5. The highest BCUT2D eigenvalue weighted by atomic mass is 32.2. The van der Waals surface area contributed by atoms with Gasteiger partial charge in [0.05, 0.1) is 5.75 Å². The molecule has 2 aromatic rings. The Labute approximate surface area is 113 Å². The Morgan fingerprint density at radius 1 is 1.32 bits per heavy atom. The van der Waals surface area contributed by atoms with Gasteiger partial charge in [0.25, 0.3) is 0 Å². The van der Waals surface area contributed by atoms with E-state index in [1.54, 1.807) is 12.4 Å². The topological polar surface area (TPSA) is 107 Å². The largest absolute Gasteiger partial charge is 0.481 e. The lowest BCUT2D eigenvalue weighted by Gasteiger charge is -2.02. The lowest BCUT2D eigenvalue weighted by molar-refractivity contribution is -0.133. The number of carboxylic acids is 1. The van der Waals surface area contributed by atoms with E-state index in [9.17, 15) is 4.79 Å². The van der Waals surface area contributed by atoms with Gasteiger partial charge in [-0.3, -0.25) is 9.78 Å². The number of hydrogen-bond donors (Lipinski definition) is 2. The molecule has 2 aromatic heterocycles. The van der Waals surface area contributed by atoms with E-state index in [0.29, 0.717) is 17.4 Å². The van der Waals surface area contributed by atoms with Gasteiger partial charge in [0.15, 0.2) is 5.82 Å². The molecule has 19 heavy (non-hydrogen) atoms. The minimum atomic E-state index is -0.911. The molecule has 0 spiro atoms. The number of nitrogens with two attached hydrogens (primary N) is 1. The van der Waals surface area contributed by atoms with Crippen molar-refractivity contribution in [3.63, 3.8) is 0 Å². The molecule has 0 amide bonds. The lowest BCUT2D eigenvalue weighted by Crippen LogP contribution is -2.15. The number of thioether (sulfide) groups is 1. The van der Waals surface area contributed by atoms with Crippen LogP contribution in [0.15, 0.2) is 29.7 Å². The van der Waals surface area contributed by atoms with Crippen LogP contribution in [0.5, 0.6) is 0 Å². The third kappa shape index (κ3) is 3.68. The maximum Gasteiger partial charge on any atom is 0.313 e. The molecule has 0 saturated heterocycles. The summed E-state index contributed by atoms with van der Waals surface area (Å²) in [4.78, 5) is 14.4. The molecule has 8 heteroatoms. The molecule has 2 rings (SSSR count). The first-order valence-corrected chi connectivity index (χ1v) is 6.58. The predicted molar refractivity (Wildman–Crippen MR) is 70.2 cm³/mol. The zero-order valence-corrected chi connectivity index (χ0v) is 10.9. The van der Waals surface area contributed by atoms with E-state index >= 15 is 0 Å². The molecule has 100 valence electrons. The van der Waals surface area contributed by atoms with Gasteiger partial charge in [-0.15, -0.1) is 10.2 Å². The standard InChI is InChI=1S/C11H13N5O2S/c12-16-9(2-1-8-3-5-13-6-4-8)14-15-11(16)19-7-10(17)18/h3-6H,1-2,7,12H2,(H,17,18). The fraction of sp³-hybridized carbons (Fsp3) is 0.273. The Morgan fingerprint density at radius 2 is 2.05 bits per heavy atom. The van der Waals surface area contributed by atoms with Gasteiger partial charge in [-0.05, 0) is 24.1 Å². The fourth-order valence-electron chi connectivity index (χ4n) is 1.51. The minimum absolute atomic E-state index is 0.0836. The van der Waals surface area contributed by atoms with Crippen LogP contribution in [0, 0.1) is 0 Å². The number of carboxylic acid groups (broad SMARTS) is 1. The van der Waals surface area contributed by atoms with Gasteiger partial charge in [0.2, 0.25) is 5.16 Å². The Kier molecular flexibility index (Phi) is 4.35. The number of aryl methyl sites for hydroxylation is 2. The van der Waals surface area contributed by atoms with Crippen molar-refractivity contribution in [3.05, 3.63) is 35.9 Å². The lowest BCUT2D eigenvalue weighted by atomic mass is 10.1. The van der Waals surface area contributed by atoms with Gasteiger partial charge in [0.1, 0.15) is 0 Å². The molecule has 0 radical (unpaired) electrons. The van der Waals surface area contributed by atoms with Gasteiger partial charge < -0.3 is 10.9 Å². The van der Waals surface area contributed by atoms with E-state index in [1.165, 1.54) is 4.68 Å². The van der Waals surface area contributed by atoms with E-state index in [2.05, 4.69) is 15.2 Å². The molecule has 7 nitrogen and oxygen atoms in total. The van der Waals surface area contributed by atoms with Crippen LogP contribution < -0.4 is 5.84 Å². The SMILES string of the molecule is Nn1c(CCc2ccncc2)nnc1SCC(=O)O. The summed E-state index contributed by atoms with van der Waals surface area (Å²) in [7, 11) is 0. The van der Waals surface area contributed by atoms with Crippen molar-refractivity contribution in [2.75, 3.05) is 11.6 Å². The molecule has 3 N–H and O–H groups in total. The third-order valence-electron chi connectivity index (χ3n) is 2.45. The highest BCUT2D eigenvalue weighted by Crippen LogP contribution is 2.14. The average molecular weight is 279 g/mol. The summed E-state index contributed by atoms with van der Waals surface area (Å²) >= 11 is 1.05. The molecule has 0 aliphatic carbocycles. The molecule has 0 fully saturated rings. The molecule has 0 bridgehead atoms. The van der Waals surface area contributed by atoms with Crippen molar-refractivity contribution in [2.45, 2.75) is 18.0 Å². The predicted octanol–water partition coefficient (Wildman–Crippen LogP) is 0.349. The number of aliphatic carboxylic acids is 1. The first-order chi connectivity index (χ1) is 9.16.